The molecule has 2 amide bonds. The van der Waals surface area contributed by atoms with Gasteiger partial charge in [0.2, 0.25) is 0 Å². The lowest BCUT2D eigenvalue weighted by molar-refractivity contribution is -0.856. The average Bonchev–Trinajstić information content (AvgIpc) is 2.81. The fourth-order valence-electron chi connectivity index (χ4n) is 2.43. The Labute approximate surface area is 145 Å². The Kier molecular flexibility index (Phi) is 5.59. The molecule has 1 aromatic rings. The Morgan fingerprint density at radius 3 is 2.71 bits per heavy atom. The number of quaternary nitrogens is 1. The fourth-order valence-corrected chi connectivity index (χ4v) is 3.50. The van der Waals surface area contributed by atoms with Crippen molar-refractivity contribution in [3.63, 3.8) is 0 Å². The second kappa shape index (κ2) is 7.30. The third kappa shape index (κ3) is 4.32. The molecule has 1 aliphatic rings. The number of hydrogen-bond acceptors (Lipinski definition) is 5. The van der Waals surface area contributed by atoms with E-state index in [0.29, 0.717) is 30.1 Å². The number of likely N-dealkylation sites (N-methyl/N-ethyl adjacent to an activating group) is 1. The van der Waals surface area contributed by atoms with Gasteiger partial charge in [-0.05, 0) is 19.4 Å². The van der Waals surface area contributed by atoms with Crippen LogP contribution >= 0.6 is 11.3 Å². The Morgan fingerprint density at radius 1 is 1.38 bits per heavy atom. The molecule has 0 saturated heterocycles. The molecule has 0 bridgehead atoms. The molecular formula is C16H23N4O3S+. The molecule has 0 unspecified atom stereocenters. The summed E-state index contributed by atoms with van der Waals surface area (Å²) in [6.45, 7) is 5.49. The predicted octanol–water partition coefficient (Wildman–Crippen LogP) is -0.330. The van der Waals surface area contributed by atoms with Crippen molar-refractivity contribution in [2.45, 2.75) is 32.5 Å². The lowest BCUT2D eigenvalue weighted by Gasteiger charge is -2.29. The number of ether oxygens (including phenoxy) is 1. The first kappa shape index (κ1) is 18.4. The Bertz CT molecular complexity index is 688. The van der Waals surface area contributed by atoms with Crippen molar-refractivity contribution < 1.29 is 19.2 Å². The van der Waals surface area contributed by atoms with Crippen molar-refractivity contribution in [2.24, 2.45) is 0 Å². The van der Waals surface area contributed by atoms with Gasteiger partial charge in [0.05, 0.1) is 45.0 Å². The maximum absolute atomic E-state index is 12.0. The molecule has 1 aromatic heterocycles. The molecule has 2 rings (SSSR count). The van der Waals surface area contributed by atoms with E-state index < -0.39 is 11.8 Å². The minimum atomic E-state index is -0.751. The molecule has 2 heterocycles. The molecule has 1 aliphatic heterocycles. The number of thiophene rings is 1. The second-order valence-corrected chi connectivity index (χ2v) is 7.82. The number of nitrogens with zero attached hydrogens (tertiary/aromatic N) is 1. The molecule has 0 spiro atoms. The first-order valence-corrected chi connectivity index (χ1v) is 8.62. The lowest BCUT2D eigenvalue weighted by atomic mass is 9.93. The van der Waals surface area contributed by atoms with Gasteiger partial charge in [0, 0.05) is 11.3 Å². The monoisotopic (exact) mass is 351 g/mol. The first-order chi connectivity index (χ1) is 11.2. The summed E-state index contributed by atoms with van der Waals surface area (Å²) in [5, 5.41) is 15.0. The molecule has 7 nitrogen and oxygen atoms in total. The van der Waals surface area contributed by atoms with Crippen molar-refractivity contribution >= 4 is 28.2 Å². The van der Waals surface area contributed by atoms with Gasteiger partial charge in [0.25, 0.3) is 0 Å². The average molecular weight is 351 g/mol. The number of carbonyl (C=O) groups is 2. The zero-order valence-electron chi connectivity index (χ0n) is 14.4. The highest BCUT2D eigenvalue weighted by molar-refractivity contribution is 7.16. The quantitative estimate of drug-likeness (QED) is 0.647. The number of fused-ring (bicyclic) bond motifs is 1. The van der Waals surface area contributed by atoms with Crippen molar-refractivity contribution in [3.8, 4) is 6.07 Å². The molecule has 0 aliphatic carbocycles. The summed E-state index contributed by atoms with van der Waals surface area (Å²) < 4.78 is 5.74. The lowest BCUT2D eigenvalue weighted by Crippen LogP contribution is -3.06. The van der Waals surface area contributed by atoms with E-state index >= 15 is 0 Å². The predicted molar refractivity (Wildman–Crippen MR) is 90.9 cm³/mol. The van der Waals surface area contributed by atoms with Crippen LogP contribution in [0.25, 0.3) is 0 Å². The molecule has 130 valence electrons. The number of anilines is 1. The van der Waals surface area contributed by atoms with E-state index in [-0.39, 0.29) is 5.60 Å². The summed E-state index contributed by atoms with van der Waals surface area (Å²) in [5.41, 5.74) is 1.00. The Hall–Kier alpha value is -1.95. The molecule has 0 atom stereocenters. The van der Waals surface area contributed by atoms with E-state index in [4.69, 9.17) is 4.74 Å². The first-order valence-electron chi connectivity index (χ1n) is 7.80. The topological polar surface area (TPSA) is 95.7 Å². The van der Waals surface area contributed by atoms with Crippen LogP contribution < -0.4 is 15.5 Å². The summed E-state index contributed by atoms with van der Waals surface area (Å²) in [7, 11) is 3.93. The zero-order chi connectivity index (χ0) is 17.9. The van der Waals surface area contributed by atoms with Crippen LogP contribution in [0.2, 0.25) is 0 Å². The van der Waals surface area contributed by atoms with Gasteiger partial charge in [-0.25, -0.2) is 0 Å². The standard InChI is InChI=1S/C16H22N4O3S/c1-16(2)7-10-11(8-17)15(24-12(10)9-23-16)19-14(22)13(21)18-5-6-20(3)4/h5-7,9H2,1-4H3,(H,18,21)(H,19,22)/p+1. The van der Waals surface area contributed by atoms with Gasteiger partial charge in [0.1, 0.15) is 11.1 Å². The van der Waals surface area contributed by atoms with Crippen LogP contribution in [0.3, 0.4) is 0 Å². The second-order valence-electron chi connectivity index (χ2n) is 6.71. The van der Waals surface area contributed by atoms with Gasteiger partial charge < -0.3 is 20.3 Å². The van der Waals surface area contributed by atoms with E-state index in [1.807, 2.05) is 27.9 Å². The zero-order valence-corrected chi connectivity index (χ0v) is 15.2. The van der Waals surface area contributed by atoms with Gasteiger partial charge in [0.15, 0.2) is 0 Å². The molecule has 0 fully saturated rings. The number of carbonyl (C=O) groups excluding carboxylic acids is 2. The van der Waals surface area contributed by atoms with Gasteiger partial charge in [-0.3, -0.25) is 9.59 Å². The van der Waals surface area contributed by atoms with E-state index in [9.17, 15) is 14.9 Å². The van der Waals surface area contributed by atoms with E-state index in [0.717, 1.165) is 17.0 Å². The third-order valence-corrected chi connectivity index (χ3v) is 4.86. The van der Waals surface area contributed by atoms with Crippen molar-refractivity contribution in [3.05, 3.63) is 16.0 Å². The summed E-state index contributed by atoms with van der Waals surface area (Å²) in [5.74, 6) is -1.44. The van der Waals surface area contributed by atoms with E-state index in [1.54, 1.807) is 0 Å². The summed E-state index contributed by atoms with van der Waals surface area (Å²) >= 11 is 1.30. The SMILES string of the molecule is C[NH+](C)CCNC(=O)C(=O)Nc1sc2c(c1C#N)CC(C)(C)OC2. The van der Waals surface area contributed by atoms with Crippen LogP contribution in [0.4, 0.5) is 5.00 Å². The normalized spacial score (nSPS) is 15.5. The molecule has 8 heteroatoms. The summed E-state index contributed by atoms with van der Waals surface area (Å²) in [6, 6.07) is 2.15. The highest BCUT2D eigenvalue weighted by Crippen LogP contribution is 2.39. The number of hydrogen-bond donors (Lipinski definition) is 3. The molecule has 3 N–H and O–H groups in total. The van der Waals surface area contributed by atoms with Crippen LogP contribution in [0, 0.1) is 11.3 Å². The van der Waals surface area contributed by atoms with Crippen molar-refractivity contribution in [1.29, 1.82) is 5.26 Å². The van der Waals surface area contributed by atoms with Gasteiger partial charge in [-0.2, -0.15) is 5.26 Å². The summed E-state index contributed by atoms with van der Waals surface area (Å²) in [6.07, 6.45) is 0.607. The fraction of sp³-hybridized carbons (Fsp3) is 0.562. The minimum absolute atomic E-state index is 0.340. The van der Waals surface area contributed by atoms with Crippen LogP contribution in [0.1, 0.15) is 29.9 Å². The molecule has 0 aromatic carbocycles. The van der Waals surface area contributed by atoms with Crippen molar-refractivity contribution in [2.75, 3.05) is 32.5 Å². The highest BCUT2D eigenvalue weighted by atomic mass is 32.1. The number of rotatable bonds is 4. The van der Waals surface area contributed by atoms with Crippen LogP contribution in [0.5, 0.6) is 0 Å². The Balaban J connectivity index is 2.08. The largest absolute Gasteiger partial charge is 0.370 e. The van der Waals surface area contributed by atoms with Gasteiger partial charge >= 0.3 is 11.8 Å². The molecule has 24 heavy (non-hydrogen) atoms. The van der Waals surface area contributed by atoms with Gasteiger partial charge in [-0.15, -0.1) is 11.3 Å². The maximum Gasteiger partial charge on any atom is 0.314 e. The number of nitriles is 1. The number of amides is 2. The van der Waals surface area contributed by atoms with E-state index in [2.05, 4.69) is 16.7 Å². The molecular weight excluding hydrogens is 328 g/mol. The summed E-state index contributed by atoms with van der Waals surface area (Å²) in [4.78, 5) is 26.0. The number of nitrogens with one attached hydrogen (secondary N) is 3. The smallest absolute Gasteiger partial charge is 0.314 e. The van der Waals surface area contributed by atoms with Gasteiger partial charge in [-0.1, -0.05) is 0 Å². The molecule has 0 saturated carbocycles. The maximum atomic E-state index is 12.0. The van der Waals surface area contributed by atoms with Crippen LogP contribution in [-0.4, -0.2) is 44.6 Å². The van der Waals surface area contributed by atoms with Crippen molar-refractivity contribution in [1.82, 2.24) is 5.32 Å². The van der Waals surface area contributed by atoms with E-state index in [1.165, 1.54) is 16.2 Å². The highest BCUT2D eigenvalue weighted by Gasteiger charge is 2.32. The van der Waals surface area contributed by atoms with Crippen LogP contribution in [-0.2, 0) is 27.4 Å². The Morgan fingerprint density at radius 2 is 2.08 bits per heavy atom. The third-order valence-electron chi connectivity index (χ3n) is 3.74. The van der Waals surface area contributed by atoms with Crippen LogP contribution in [0.15, 0.2) is 0 Å². The molecule has 0 radical (unpaired) electrons. The minimum Gasteiger partial charge on any atom is -0.370 e.